The van der Waals surface area contributed by atoms with Gasteiger partial charge < -0.3 is 5.32 Å². The maximum atomic E-state index is 11.4. The fraction of sp³-hybridized carbons (Fsp3) is 0.188. The fourth-order valence-electron chi connectivity index (χ4n) is 2.04. The molecule has 22 heavy (non-hydrogen) atoms. The molecule has 0 unspecified atom stereocenters. The van der Waals surface area contributed by atoms with Crippen molar-refractivity contribution >= 4 is 22.9 Å². The van der Waals surface area contributed by atoms with Crippen molar-refractivity contribution in [3.8, 4) is 21.8 Å². The number of hydrogen-bond acceptors (Lipinski definition) is 4. The lowest BCUT2D eigenvalue weighted by Crippen LogP contribution is -2.08. The van der Waals surface area contributed by atoms with Crippen molar-refractivity contribution in [3.63, 3.8) is 0 Å². The molecule has 6 heteroatoms. The van der Waals surface area contributed by atoms with E-state index in [1.54, 1.807) is 16.0 Å². The van der Waals surface area contributed by atoms with Crippen LogP contribution in [-0.4, -0.2) is 20.7 Å². The van der Waals surface area contributed by atoms with Crippen LogP contribution in [0.3, 0.4) is 0 Å². The van der Waals surface area contributed by atoms with E-state index in [1.165, 1.54) is 0 Å². The van der Waals surface area contributed by atoms with Gasteiger partial charge in [0, 0.05) is 41.9 Å². The molecule has 0 spiro atoms. The second kappa shape index (κ2) is 6.11. The first-order valence-corrected chi connectivity index (χ1v) is 7.88. The first kappa shape index (κ1) is 14.5. The Labute approximate surface area is 132 Å². The molecule has 0 aliphatic rings. The molecule has 3 rings (SSSR count). The molecule has 0 atom stereocenters. The molecule has 1 aromatic carbocycles. The maximum Gasteiger partial charge on any atom is 0.224 e. The highest BCUT2D eigenvalue weighted by atomic mass is 32.1. The van der Waals surface area contributed by atoms with Gasteiger partial charge in [0.25, 0.3) is 0 Å². The highest BCUT2D eigenvalue weighted by Crippen LogP contribution is 2.29. The minimum atomic E-state index is 0.0147. The minimum absolute atomic E-state index is 0.0147. The summed E-state index contributed by atoms with van der Waals surface area (Å²) in [5, 5.41) is 9.98. The maximum absolute atomic E-state index is 11.4. The van der Waals surface area contributed by atoms with Crippen LogP contribution < -0.4 is 5.32 Å². The van der Waals surface area contributed by atoms with Crippen LogP contribution >= 0.6 is 11.3 Å². The molecule has 0 bridgehead atoms. The summed E-state index contributed by atoms with van der Waals surface area (Å²) < 4.78 is 1.76. The Hall–Kier alpha value is -2.47. The molecule has 0 saturated carbocycles. The Morgan fingerprint density at radius 2 is 2.05 bits per heavy atom. The van der Waals surface area contributed by atoms with Gasteiger partial charge in [-0.15, -0.1) is 11.3 Å². The van der Waals surface area contributed by atoms with Crippen molar-refractivity contribution in [2.24, 2.45) is 7.05 Å². The Morgan fingerprint density at radius 3 is 2.68 bits per heavy atom. The third-order valence-electron chi connectivity index (χ3n) is 3.24. The van der Waals surface area contributed by atoms with Crippen molar-refractivity contribution in [1.82, 2.24) is 14.8 Å². The number of aryl methyl sites for hydroxylation is 1. The molecule has 0 saturated heterocycles. The highest BCUT2D eigenvalue weighted by molar-refractivity contribution is 7.13. The fourth-order valence-corrected chi connectivity index (χ4v) is 2.87. The van der Waals surface area contributed by atoms with Crippen molar-refractivity contribution in [2.75, 3.05) is 5.32 Å². The third-order valence-corrected chi connectivity index (χ3v) is 4.13. The van der Waals surface area contributed by atoms with Crippen LogP contribution in [0.1, 0.15) is 13.3 Å². The Balaban J connectivity index is 1.80. The Morgan fingerprint density at radius 1 is 1.27 bits per heavy atom. The number of rotatable bonds is 4. The van der Waals surface area contributed by atoms with Crippen molar-refractivity contribution < 1.29 is 4.79 Å². The number of carbonyl (C=O) groups excluding carboxylic acids is 1. The third kappa shape index (κ3) is 3.07. The Bertz CT molecular complexity index is 789. The van der Waals surface area contributed by atoms with Crippen LogP contribution in [0.4, 0.5) is 5.69 Å². The summed E-state index contributed by atoms with van der Waals surface area (Å²) in [6.45, 7) is 1.83. The molecule has 0 fully saturated rings. The van der Waals surface area contributed by atoms with E-state index >= 15 is 0 Å². The second-order valence-electron chi connectivity index (χ2n) is 4.92. The van der Waals surface area contributed by atoms with Crippen LogP contribution in [0, 0.1) is 0 Å². The monoisotopic (exact) mass is 312 g/mol. The largest absolute Gasteiger partial charge is 0.326 e. The lowest BCUT2D eigenvalue weighted by atomic mass is 10.2. The van der Waals surface area contributed by atoms with E-state index in [-0.39, 0.29) is 5.91 Å². The predicted octanol–water partition coefficient (Wildman–Crippen LogP) is 3.56. The summed E-state index contributed by atoms with van der Waals surface area (Å²) in [4.78, 5) is 16.0. The van der Waals surface area contributed by atoms with Crippen molar-refractivity contribution in [3.05, 3.63) is 42.0 Å². The minimum Gasteiger partial charge on any atom is -0.326 e. The molecule has 0 radical (unpaired) electrons. The number of anilines is 1. The zero-order valence-electron chi connectivity index (χ0n) is 12.4. The molecule has 2 aromatic heterocycles. The highest BCUT2D eigenvalue weighted by Gasteiger charge is 2.08. The molecular formula is C16H16N4OS. The quantitative estimate of drug-likeness (QED) is 0.801. The van der Waals surface area contributed by atoms with Gasteiger partial charge in [0.05, 0.1) is 11.9 Å². The number of aromatic nitrogens is 3. The van der Waals surface area contributed by atoms with Gasteiger partial charge in [0.2, 0.25) is 5.91 Å². The SMILES string of the molecule is CCC(=O)Nc1ccc(-c2nc(-c3cnn(C)c3)cs2)cc1. The van der Waals surface area contributed by atoms with Crippen LogP contribution in [-0.2, 0) is 11.8 Å². The van der Waals surface area contributed by atoms with E-state index in [2.05, 4.69) is 15.4 Å². The van der Waals surface area contributed by atoms with E-state index in [0.29, 0.717) is 6.42 Å². The van der Waals surface area contributed by atoms with Gasteiger partial charge in [-0.3, -0.25) is 9.48 Å². The molecule has 112 valence electrons. The number of carbonyl (C=O) groups is 1. The van der Waals surface area contributed by atoms with Crippen LogP contribution in [0.2, 0.25) is 0 Å². The average Bonchev–Trinajstić information content (AvgIpc) is 3.16. The van der Waals surface area contributed by atoms with Crippen LogP contribution in [0.5, 0.6) is 0 Å². The number of benzene rings is 1. The normalized spacial score (nSPS) is 10.6. The van der Waals surface area contributed by atoms with E-state index in [9.17, 15) is 4.79 Å². The molecule has 0 aliphatic heterocycles. The average molecular weight is 312 g/mol. The van der Waals surface area contributed by atoms with Crippen LogP contribution in [0.15, 0.2) is 42.0 Å². The van der Waals surface area contributed by atoms with Gasteiger partial charge in [-0.05, 0) is 24.3 Å². The molecular weight excluding hydrogens is 296 g/mol. The molecule has 5 nitrogen and oxygen atoms in total. The van der Waals surface area contributed by atoms with E-state index in [4.69, 9.17) is 0 Å². The van der Waals surface area contributed by atoms with Crippen molar-refractivity contribution in [2.45, 2.75) is 13.3 Å². The summed E-state index contributed by atoms with van der Waals surface area (Å²) in [6, 6.07) is 7.73. The van der Waals surface area contributed by atoms with E-state index < -0.39 is 0 Å². The zero-order valence-corrected chi connectivity index (χ0v) is 13.2. The number of amides is 1. The van der Waals surface area contributed by atoms with Crippen LogP contribution in [0.25, 0.3) is 21.8 Å². The number of hydrogen-bond donors (Lipinski definition) is 1. The van der Waals surface area contributed by atoms with E-state index in [0.717, 1.165) is 27.5 Å². The van der Waals surface area contributed by atoms with Gasteiger partial charge in [0.1, 0.15) is 5.01 Å². The van der Waals surface area contributed by atoms with Gasteiger partial charge in [-0.25, -0.2) is 4.98 Å². The summed E-state index contributed by atoms with van der Waals surface area (Å²) in [7, 11) is 1.89. The number of nitrogens with zero attached hydrogens (tertiary/aromatic N) is 3. The summed E-state index contributed by atoms with van der Waals surface area (Å²) in [5.74, 6) is 0.0147. The van der Waals surface area contributed by atoms with Gasteiger partial charge in [0.15, 0.2) is 0 Å². The standard InChI is InChI=1S/C16H16N4OS/c1-3-15(21)18-13-6-4-11(5-7-13)16-19-14(10-22-16)12-8-17-20(2)9-12/h4-10H,3H2,1-2H3,(H,18,21). The Kier molecular flexibility index (Phi) is 4.02. The second-order valence-corrected chi connectivity index (χ2v) is 5.78. The van der Waals surface area contributed by atoms with Gasteiger partial charge in [-0.1, -0.05) is 6.92 Å². The predicted molar refractivity (Wildman–Crippen MR) is 88.7 cm³/mol. The lowest BCUT2D eigenvalue weighted by molar-refractivity contribution is -0.115. The van der Waals surface area contributed by atoms with E-state index in [1.807, 2.05) is 56.0 Å². The van der Waals surface area contributed by atoms with Crippen molar-refractivity contribution in [1.29, 1.82) is 0 Å². The number of nitrogens with one attached hydrogen (secondary N) is 1. The molecule has 0 aliphatic carbocycles. The topological polar surface area (TPSA) is 59.8 Å². The van der Waals surface area contributed by atoms with Gasteiger partial charge >= 0.3 is 0 Å². The summed E-state index contributed by atoms with van der Waals surface area (Å²) >= 11 is 1.60. The molecule has 1 amide bonds. The molecule has 3 aromatic rings. The molecule has 2 heterocycles. The molecule has 1 N–H and O–H groups in total. The number of thiazole rings is 1. The summed E-state index contributed by atoms with van der Waals surface area (Å²) in [5.41, 5.74) is 3.78. The first-order chi connectivity index (χ1) is 10.7. The smallest absolute Gasteiger partial charge is 0.224 e. The first-order valence-electron chi connectivity index (χ1n) is 7.00. The van der Waals surface area contributed by atoms with Gasteiger partial charge in [-0.2, -0.15) is 5.10 Å². The lowest BCUT2D eigenvalue weighted by Gasteiger charge is -2.03. The zero-order chi connectivity index (χ0) is 15.5. The summed E-state index contributed by atoms with van der Waals surface area (Å²) in [6.07, 6.45) is 4.23.